The topological polar surface area (TPSA) is 97.6 Å². The van der Waals surface area contributed by atoms with Gasteiger partial charge in [0.25, 0.3) is 0 Å². The van der Waals surface area contributed by atoms with Crippen LogP contribution in [-0.4, -0.2) is 63.6 Å². The van der Waals surface area contributed by atoms with Crippen LogP contribution in [-0.2, 0) is 19.1 Å². The first-order chi connectivity index (χ1) is 16.4. The van der Waals surface area contributed by atoms with Crippen LogP contribution in [0.2, 0.25) is 0 Å². The average molecular weight is 515 g/mol. The molecule has 1 fully saturated rings. The van der Waals surface area contributed by atoms with Gasteiger partial charge in [0.2, 0.25) is 0 Å². The molecule has 0 saturated carbocycles. The fourth-order valence-corrected chi connectivity index (χ4v) is 4.85. The van der Waals surface area contributed by atoms with Crippen LogP contribution < -0.4 is 0 Å². The summed E-state index contributed by atoms with van der Waals surface area (Å²) in [6, 6.07) is 3.11. The molecule has 0 radical (unpaired) electrons. The number of halogens is 4. The van der Waals surface area contributed by atoms with E-state index in [1.54, 1.807) is 30.3 Å². The van der Waals surface area contributed by atoms with Crippen LogP contribution in [0.5, 0.6) is 0 Å². The zero-order chi connectivity index (χ0) is 25.6. The Morgan fingerprint density at radius 1 is 1.26 bits per heavy atom. The van der Waals surface area contributed by atoms with Crippen molar-refractivity contribution in [2.45, 2.75) is 43.3 Å². The van der Waals surface area contributed by atoms with E-state index < -0.39 is 27.0 Å². The molecule has 1 aliphatic carbocycles. The van der Waals surface area contributed by atoms with Crippen molar-refractivity contribution in [2.75, 3.05) is 13.6 Å². The van der Waals surface area contributed by atoms with Gasteiger partial charge in [-0.05, 0) is 37.5 Å². The molecule has 1 saturated heterocycles. The van der Waals surface area contributed by atoms with Crippen molar-refractivity contribution in [1.29, 1.82) is 0 Å². The van der Waals surface area contributed by atoms with Gasteiger partial charge in [0, 0.05) is 26.2 Å². The van der Waals surface area contributed by atoms with E-state index in [4.69, 9.17) is 0 Å². The molecule has 0 amide bonds. The number of aromatic nitrogens is 3. The Hall–Kier alpha value is -3.38. The quantitative estimate of drug-likeness (QED) is 0.260. The number of allylic oxidation sites excluding steroid dienone is 1. The van der Waals surface area contributed by atoms with E-state index in [0.29, 0.717) is 12.4 Å². The zero-order valence-electron chi connectivity index (χ0n) is 18.7. The number of rotatable bonds is 5. The molecule has 0 N–H and O–H groups in total. The molecule has 1 unspecified atom stereocenters. The first-order valence-corrected chi connectivity index (χ1v) is 11.9. The van der Waals surface area contributed by atoms with Gasteiger partial charge in [-0.15, -0.1) is 0 Å². The van der Waals surface area contributed by atoms with Gasteiger partial charge in [-0.2, -0.15) is 26.7 Å². The van der Waals surface area contributed by atoms with Crippen LogP contribution in [0.15, 0.2) is 48.4 Å². The summed E-state index contributed by atoms with van der Waals surface area (Å²) in [7, 11) is -4.05. The molecule has 0 aromatic carbocycles. The molecule has 35 heavy (non-hydrogen) atoms. The van der Waals surface area contributed by atoms with Crippen molar-refractivity contribution in [1.82, 2.24) is 24.6 Å². The number of hydrogen-bond acceptors (Lipinski definition) is 8. The van der Waals surface area contributed by atoms with Crippen molar-refractivity contribution in [3.8, 4) is 5.82 Å². The molecular weight excluding hydrogens is 494 g/mol. The molecule has 0 bridgehead atoms. The molecule has 2 aromatic rings. The second-order valence-electron chi connectivity index (χ2n) is 8.42. The lowest BCUT2D eigenvalue weighted by molar-refractivity contribution is -0.0525. The maximum Gasteiger partial charge on any atom is 0.534 e. The normalized spacial score (nSPS) is 21.8. The predicted octanol–water partition coefficient (Wildman–Crippen LogP) is 3.06. The molecule has 4 rings (SSSR count). The third kappa shape index (κ3) is 4.50. The lowest BCUT2D eigenvalue weighted by atomic mass is 9.84. The number of hydrogen-bond donors (Lipinski definition) is 0. The third-order valence-electron chi connectivity index (χ3n) is 6.41. The van der Waals surface area contributed by atoms with Crippen LogP contribution in [0.4, 0.5) is 17.6 Å². The van der Waals surface area contributed by atoms with Crippen LogP contribution >= 0.6 is 0 Å². The van der Waals surface area contributed by atoms with Crippen LogP contribution in [0.1, 0.15) is 37.8 Å². The van der Waals surface area contributed by atoms with Crippen molar-refractivity contribution in [2.24, 2.45) is 0 Å². The Morgan fingerprint density at radius 2 is 2.00 bits per heavy atom. The molecule has 2 atom stereocenters. The van der Waals surface area contributed by atoms with Gasteiger partial charge in [0.05, 0.1) is 24.0 Å². The van der Waals surface area contributed by atoms with Gasteiger partial charge in [-0.25, -0.2) is 18.9 Å². The highest BCUT2D eigenvalue weighted by Gasteiger charge is 2.51. The van der Waals surface area contributed by atoms with Gasteiger partial charge >= 0.3 is 15.6 Å². The fraction of sp³-hybridized carbons (Fsp3) is 0.429. The van der Waals surface area contributed by atoms with E-state index in [1.165, 1.54) is 17.0 Å². The monoisotopic (exact) mass is 515 g/mol. The van der Waals surface area contributed by atoms with Crippen LogP contribution in [0, 0.1) is 5.82 Å². The Labute approximate surface area is 198 Å². The van der Waals surface area contributed by atoms with E-state index in [9.17, 15) is 30.8 Å². The first-order valence-electron chi connectivity index (χ1n) is 10.5. The lowest BCUT2D eigenvalue weighted by Crippen LogP contribution is -2.45. The molecular formula is C21H21F4N5O4S. The Kier molecular flexibility index (Phi) is 6.14. The maximum atomic E-state index is 13.2. The number of alkyl halides is 3. The Balaban J connectivity index is 1.52. The van der Waals surface area contributed by atoms with Crippen molar-refractivity contribution >= 4 is 16.1 Å². The molecule has 2 aromatic heterocycles. The molecule has 14 heteroatoms. The molecule has 9 nitrogen and oxygen atoms in total. The number of pyridine rings is 1. The van der Waals surface area contributed by atoms with E-state index in [1.807, 2.05) is 17.8 Å². The van der Waals surface area contributed by atoms with Crippen molar-refractivity contribution in [3.63, 3.8) is 0 Å². The third-order valence-corrected chi connectivity index (χ3v) is 7.41. The smallest absolute Gasteiger partial charge is 0.381 e. The summed E-state index contributed by atoms with van der Waals surface area (Å²) in [5.41, 5.74) is -5.41. The van der Waals surface area contributed by atoms with E-state index in [0.717, 1.165) is 11.8 Å². The van der Waals surface area contributed by atoms with E-state index in [-0.39, 0.29) is 36.9 Å². The zero-order valence-corrected chi connectivity index (χ0v) is 19.5. The van der Waals surface area contributed by atoms with E-state index in [2.05, 4.69) is 14.3 Å². The number of nitrogens with zero attached hydrogens (tertiary/aromatic N) is 5. The van der Waals surface area contributed by atoms with Crippen LogP contribution in [0.25, 0.3) is 5.82 Å². The van der Waals surface area contributed by atoms with Gasteiger partial charge in [-0.3, -0.25) is 0 Å². The maximum absolute atomic E-state index is 13.2. The fourth-order valence-electron chi connectivity index (χ4n) is 4.32. The van der Waals surface area contributed by atoms with Crippen LogP contribution in [0.3, 0.4) is 0 Å². The SMILES string of the molecule is C[C@@H](c1ccc(-n2cc(F)cn2)nc1)N1CC2(CC=C(OS(=O)(=O)C(F)(F)F)CC2)N(C)C1=C=O. The molecule has 3 heterocycles. The number of carbonyl (C=O) groups excluding carboxylic acids is 1. The largest absolute Gasteiger partial charge is 0.534 e. The second-order valence-corrected chi connectivity index (χ2v) is 9.96. The summed E-state index contributed by atoms with van der Waals surface area (Å²) in [6.45, 7) is 2.20. The minimum atomic E-state index is -5.74. The van der Waals surface area contributed by atoms with Crippen molar-refractivity contribution in [3.05, 3.63) is 59.8 Å². The van der Waals surface area contributed by atoms with E-state index >= 15 is 0 Å². The predicted molar refractivity (Wildman–Crippen MR) is 114 cm³/mol. The summed E-state index contributed by atoms with van der Waals surface area (Å²) < 4.78 is 79.3. The summed E-state index contributed by atoms with van der Waals surface area (Å²) in [4.78, 5) is 19.7. The Morgan fingerprint density at radius 3 is 2.51 bits per heavy atom. The summed E-state index contributed by atoms with van der Waals surface area (Å²) >= 11 is 0. The van der Waals surface area contributed by atoms with Gasteiger partial charge in [-0.1, -0.05) is 6.07 Å². The highest BCUT2D eigenvalue weighted by Crippen LogP contribution is 2.44. The minimum Gasteiger partial charge on any atom is -0.381 e. The number of likely N-dealkylation sites (N-methyl/N-ethyl adjacent to an activating group) is 1. The molecule has 1 spiro atoms. The second kappa shape index (κ2) is 8.68. The highest BCUT2D eigenvalue weighted by atomic mass is 32.2. The first kappa shape index (κ1) is 24.7. The van der Waals surface area contributed by atoms with Gasteiger partial charge in [0.1, 0.15) is 5.76 Å². The molecule has 188 valence electrons. The molecule has 1 aliphatic heterocycles. The summed E-state index contributed by atoms with van der Waals surface area (Å²) in [6.07, 6.45) is 5.53. The van der Waals surface area contributed by atoms with Gasteiger partial charge < -0.3 is 14.0 Å². The van der Waals surface area contributed by atoms with Gasteiger partial charge in [0.15, 0.2) is 23.4 Å². The summed E-state index contributed by atoms with van der Waals surface area (Å²) in [5, 5.41) is 3.86. The minimum absolute atomic E-state index is 0.0509. The highest BCUT2D eigenvalue weighted by molar-refractivity contribution is 7.87. The average Bonchev–Trinajstić information content (AvgIpc) is 3.35. The molecule has 2 aliphatic rings. The Bertz CT molecular complexity index is 1300. The summed E-state index contributed by atoms with van der Waals surface area (Å²) in [5.74, 6) is 1.83. The van der Waals surface area contributed by atoms with Crippen molar-refractivity contribution < 1.29 is 35.0 Å². The standard InChI is InChI=1S/C21H21F4N5O4S/c1-14(15-3-4-18(26-9-15)30-11-16(22)10-27-30)29-13-20(28(2)19(29)12-31)7-5-17(6-8-20)34-35(32,33)21(23,24)25/h3-5,9-11,14H,6-8,13H2,1-2H3/t14-,20?/m0/s1. The lowest BCUT2D eigenvalue weighted by Gasteiger charge is -2.37.